The van der Waals surface area contributed by atoms with E-state index in [1.807, 2.05) is 6.92 Å². The van der Waals surface area contributed by atoms with Crippen LogP contribution in [0, 0.1) is 12.7 Å². The summed E-state index contributed by atoms with van der Waals surface area (Å²) < 4.78 is 17.8. The maximum atomic E-state index is 12.5. The molecule has 7 nitrogen and oxygen atoms in total. The Bertz CT molecular complexity index is 1390. The van der Waals surface area contributed by atoms with Crippen LogP contribution in [0.3, 0.4) is 0 Å². The fraction of sp³-hybridized carbons (Fsp3) is 0.296. The molecule has 2 aromatic carbocycles. The Balaban J connectivity index is 0.000000178. The van der Waals surface area contributed by atoms with Gasteiger partial charge in [0.2, 0.25) is 5.89 Å². The number of H-pyrrole nitrogens is 2. The molecule has 0 amide bonds. The molecule has 0 saturated carbocycles. The summed E-state index contributed by atoms with van der Waals surface area (Å²) in [5, 5.41) is 9.27. The molecule has 180 valence electrons. The number of halogens is 1. The molecular weight excluding hydrogens is 443 g/mol. The molecule has 3 aromatic heterocycles. The third kappa shape index (κ3) is 4.49. The van der Waals surface area contributed by atoms with Gasteiger partial charge in [-0.05, 0) is 54.3 Å². The molecule has 8 heteroatoms. The van der Waals surface area contributed by atoms with Crippen molar-refractivity contribution in [1.82, 2.24) is 30.4 Å². The highest BCUT2D eigenvalue weighted by Gasteiger charge is 2.43. The average molecular weight is 473 g/mol. The molecule has 6 rings (SSSR count). The van der Waals surface area contributed by atoms with E-state index in [4.69, 9.17) is 4.52 Å². The van der Waals surface area contributed by atoms with Crippen LogP contribution in [0.4, 0.5) is 4.39 Å². The molecule has 0 fully saturated rings. The molecule has 3 N–H and O–H groups in total. The van der Waals surface area contributed by atoms with Crippen molar-refractivity contribution >= 4 is 10.9 Å². The van der Waals surface area contributed by atoms with Crippen molar-refractivity contribution in [3.63, 3.8) is 0 Å². The zero-order valence-electron chi connectivity index (χ0n) is 19.9. The van der Waals surface area contributed by atoms with Crippen LogP contribution in [0.2, 0.25) is 0 Å². The SMILES string of the molecule is CCCCC1(c2noc(C)n2)NCCc2c1[nH]c1ccccc21.Fc1ccc(-c2cnc[nH]2)cc1. The van der Waals surface area contributed by atoms with Gasteiger partial charge in [0.15, 0.2) is 5.82 Å². The zero-order chi connectivity index (χ0) is 24.3. The van der Waals surface area contributed by atoms with Crippen molar-refractivity contribution in [2.75, 3.05) is 6.54 Å². The molecule has 0 saturated heterocycles. The number of para-hydroxylation sites is 1. The normalized spacial score (nSPS) is 17.1. The Morgan fingerprint density at radius 1 is 1.11 bits per heavy atom. The van der Waals surface area contributed by atoms with Gasteiger partial charge in [-0.25, -0.2) is 9.37 Å². The topological polar surface area (TPSA) is 95.4 Å². The van der Waals surface area contributed by atoms with E-state index in [1.165, 1.54) is 34.3 Å². The first-order valence-corrected chi connectivity index (χ1v) is 12.0. The predicted octanol–water partition coefficient (Wildman–Crippen LogP) is 5.65. The number of fused-ring (bicyclic) bond motifs is 3. The van der Waals surface area contributed by atoms with E-state index in [1.54, 1.807) is 24.7 Å². The van der Waals surface area contributed by atoms with E-state index in [0.717, 1.165) is 49.3 Å². The van der Waals surface area contributed by atoms with Crippen LogP contribution in [-0.4, -0.2) is 31.6 Å². The second-order valence-electron chi connectivity index (χ2n) is 8.82. The largest absolute Gasteiger partial charge is 0.356 e. The van der Waals surface area contributed by atoms with Crippen LogP contribution in [0.1, 0.15) is 49.2 Å². The first-order chi connectivity index (χ1) is 17.1. The van der Waals surface area contributed by atoms with Crippen LogP contribution >= 0.6 is 0 Å². The van der Waals surface area contributed by atoms with Gasteiger partial charge in [0.1, 0.15) is 11.4 Å². The summed E-state index contributed by atoms with van der Waals surface area (Å²) in [7, 11) is 0. The first-order valence-electron chi connectivity index (χ1n) is 12.0. The lowest BCUT2D eigenvalue weighted by molar-refractivity contribution is 0.300. The van der Waals surface area contributed by atoms with Gasteiger partial charge < -0.3 is 14.5 Å². The molecule has 0 aliphatic carbocycles. The van der Waals surface area contributed by atoms with Gasteiger partial charge >= 0.3 is 0 Å². The standard InChI is InChI=1S/C18H22N4O.C9H7FN2/c1-3-4-10-18(17-20-12(2)23-22-17)16-14(9-11-19-18)13-7-5-6-8-15(13)21-16;10-8-3-1-7(2-4-8)9-5-11-6-12-9/h5-8,19,21H,3-4,9-11H2,1-2H3;1-6H,(H,11,12). The zero-order valence-corrected chi connectivity index (χ0v) is 19.9. The fourth-order valence-electron chi connectivity index (χ4n) is 4.79. The lowest BCUT2D eigenvalue weighted by Gasteiger charge is -2.36. The van der Waals surface area contributed by atoms with E-state index in [9.17, 15) is 4.39 Å². The third-order valence-electron chi connectivity index (χ3n) is 6.51. The van der Waals surface area contributed by atoms with Crippen LogP contribution < -0.4 is 5.32 Å². The number of nitrogens with zero attached hydrogens (tertiary/aromatic N) is 3. The van der Waals surface area contributed by atoms with Gasteiger partial charge in [-0.1, -0.05) is 43.1 Å². The molecule has 1 aliphatic rings. The monoisotopic (exact) mass is 472 g/mol. The van der Waals surface area contributed by atoms with Crippen LogP contribution in [0.25, 0.3) is 22.2 Å². The van der Waals surface area contributed by atoms with Crippen molar-refractivity contribution in [3.05, 3.63) is 89.8 Å². The quantitative estimate of drug-likeness (QED) is 0.307. The summed E-state index contributed by atoms with van der Waals surface area (Å²) in [6, 6.07) is 14.8. The molecule has 4 heterocycles. The Kier molecular flexibility index (Phi) is 6.46. The van der Waals surface area contributed by atoms with Crippen LogP contribution in [0.5, 0.6) is 0 Å². The number of aromatic nitrogens is 5. The molecule has 0 radical (unpaired) electrons. The third-order valence-corrected chi connectivity index (χ3v) is 6.51. The lowest BCUT2D eigenvalue weighted by Crippen LogP contribution is -2.49. The molecule has 0 bridgehead atoms. The second-order valence-corrected chi connectivity index (χ2v) is 8.82. The molecule has 0 spiro atoms. The van der Waals surface area contributed by atoms with Crippen molar-refractivity contribution in [1.29, 1.82) is 0 Å². The Labute approximate surface area is 203 Å². The van der Waals surface area contributed by atoms with Gasteiger partial charge in [0.25, 0.3) is 0 Å². The van der Waals surface area contributed by atoms with Crippen molar-refractivity contribution in [2.24, 2.45) is 0 Å². The molecular formula is C27H29FN6O. The van der Waals surface area contributed by atoms with E-state index in [-0.39, 0.29) is 11.4 Å². The van der Waals surface area contributed by atoms with E-state index in [2.05, 4.69) is 61.6 Å². The maximum Gasteiger partial charge on any atom is 0.223 e. The van der Waals surface area contributed by atoms with Gasteiger partial charge in [-0.15, -0.1) is 0 Å². The van der Waals surface area contributed by atoms with Gasteiger partial charge in [0, 0.05) is 30.1 Å². The highest BCUT2D eigenvalue weighted by atomic mass is 19.1. The number of imidazole rings is 1. The van der Waals surface area contributed by atoms with Gasteiger partial charge in [0.05, 0.1) is 18.2 Å². The van der Waals surface area contributed by atoms with Crippen LogP contribution in [-0.2, 0) is 12.0 Å². The lowest BCUT2D eigenvalue weighted by atomic mass is 9.82. The molecule has 1 unspecified atom stereocenters. The highest BCUT2D eigenvalue weighted by Crippen LogP contribution is 2.40. The summed E-state index contributed by atoms with van der Waals surface area (Å²) in [6.07, 6.45) is 7.52. The molecule has 35 heavy (non-hydrogen) atoms. The second kappa shape index (κ2) is 9.84. The number of nitrogens with one attached hydrogen (secondary N) is 3. The van der Waals surface area contributed by atoms with Crippen molar-refractivity contribution in [3.8, 4) is 11.3 Å². The number of aryl methyl sites for hydroxylation is 1. The van der Waals surface area contributed by atoms with E-state index in [0.29, 0.717) is 5.89 Å². The minimum absolute atomic E-state index is 0.224. The summed E-state index contributed by atoms with van der Waals surface area (Å²) in [5.41, 5.74) is 5.24. The summed E-state index contributed by atoms with van der Waals surface area (Å²) >= 11 is 0. The van der Waals surface area contributed by atoms with Gasteiger partial charge in [-0.2, -0.15) is 4.98 Å². The first kappa shape index (κ1) is 23.0. The number of unbranched alkanes of at least 4 members (excludes halogenated alkanes) is 1. The Morgan fingerprint density at radius 2 is 1.94 bits per heavy atom. The number of hydrogen-bond donors (Lipinski definition) is 3. The Hall–Kier alpha value is -3.78. The minimum atomic E-state index is -0.375. The minimum Gasteiger partial charge on any atom is -0.356 e. The number of benzene rings is 2. The number of hydrogen-bond acceptors (Lipinski definition) is 5. The fourth-order valence-corrected chi connectivity index (χ4v) is 4.79. The summed E-state index contributed by atoms with van der Waals surface area (Å²) in [5.74, 6) is 1.13. The van der Waals surface area contributed by atoms with Crippen LogP contribution in [0.15, 0.2) is 65.6 Å². The number of aromatic amines is 2. The van der Waals surface area contributed by atoms with Crippen molar-refractivity contribution in [2.45, 2.75) is 45.1 Å². The average Bonchev–Trinajstić information content (AvgIpc) is 3.64. The molecule has 1 atom stereocenters. The summed E-state index contributed by atoms with van der Waals surface area (Å²) in [6.45, 7) is 4.98. The van der Waals surface area contributed by atoms with E-state index < -0.39 is 0 Å². The molecule has 1 aliphatic heterocycles. The smallest absolute Gasteiger partial charge is 0.223 e. The predicted molar refractivity (Wildman–Crippen MR) is 133 cm³/mol. The van der Waals surface area contributed by atoms with Gasteiger partial charge in [-0.3, -0.25) is 5.32 Å². The maximum absolute atomic E-state index is 12.5. The van der Waals surface area contributed by atoms with Crippen molar-refractivity contribution < 1.29 is 8.91 Å². The summed E-state index contributed by atoms with van der Waals surface area (Å²) in [4.78, 5) is 15.0. The highest BCUT2D eigenvalue weighted by molar-refractivity contribution is 5.85. The Morgan fingerprint density at radius 3 is 2.66 bits per heavy atom. The van der Waals surface area contributed by atoms with E-state index >= 15 is 0 Å². The molecule has 5 aromatic rings. The number of rotatable bonds is 5.